The summed E-state index contributed by atoms with van der Waals surface area (Å²) in [6.45, 7) is 5.58. The molecule has 2 aliphatic rings. The van der Waals surface area contributed by atoms with Crippen LogP contribution in [-0.2, 0) is 4.74 Å². The van der Waals surface area contributed by atoms with Crippen molar-refractivity contribution < 1.29 is 4.74 Å². The van der Waals surface area contributed by atoms with Crippen LogP contribution < -0.4 is 5.32 Å². The first kappa shape index (κ1) is 12.3. The van der Waals surface area contributed by atoms with Crippen LogP contribution in [0.2, 0.25) is 0 Å². The maximum absolute atomic E-state index is 5.74. The van der Waals surface area contributed by atoms with E-state index < -0.39 is 0 Å². The van der Waals surface area contributed by atoms with E-state index in [1.165, 1.54) is 38.6 Å². The summed E-state index contributed by atoms with van der Waals surface area (Å²) in [6.07, 6.45) is 6.88. The highest BCUT2D eigenvalue weighted by atomic mass is 16.5. The molecule has 0 amide bonds. The second-order valence-corrected chi connectivity index (χ2v) is 5.45. The molecule has 2 rings (SSSR count). The summed E-state index contributed by atoms with van der Waals surface area (Å²) in [6, 6.07) is 1.43. The fraction of sp³-hybridized carbons (Fsp3) is 1.00. The maximum Gasteiger partial charge on any atom is 0.0699 e. The van der Waals surface area contributed by atoms with Gasteiger partial charge >= 0.3 is 0 Å². The second kappa shape index (κ2) is 5.99. The first-order valence-corrected chi connectivity index (χ1v) is 6.81. The Bertz CT molecular complexity index is 204. The minimum absolute atomic E-state index is 0.476. The Morgan fingerprint density at radius 2 is 2.19 bits per heavy atom. The maximum atomic E-state index is 5.74. The van der Waals surface area contributed by atoms with Crippen LogP contribution in [-0.4, -0.2) is 49.8 Å². The Kier molecular flexibility index (Phi) is 4.62. The Labute approximate surface area is 99.5 Å². The minimum atomic E-state index is 0.476. The number of piperidine rings is 1. The van der Waals surface area contributed by atoms with Crippen molar-refractivity contribution >= 4 is 0 Å². The predicted octanol–water partition coefficient (Wildman–Crippen LogP) is 1.63. The molecule has 0 aromatic heterocycles. The number of rotatable bonds is 3. The van der Waals surface area contributed by atoms with Crippen molar-refractivity contribution in [3.05, 3.63) is 0 Å². The molecule has 3 heteroatoms. The van der Waals surface area contributed by atoms with Gasteiger partial charge in [-0.15, -0.1) is 0 Å². The van der Waals surface area contributed by atoms with Crippen LogP contribution in [0.1, 0.15) is 39.0 Å². The Morgan fingerprint density at radius 3 is 2.88 bits per heavy atom. The molecule has 0 bridgehead atoms. The zero-order valence-corrected chi connectivity index (χ0v) is 10.7. The van der Waals surface area contributed by atoms with Crippen molar-refractivity contribution in [2.45, 2.75) is 57.2 Å². The van der Waals surface area contributed by atoms with Crippen LogP contribution in [0.25, 0.3) is 0 Å². The molecule has 2 saturated heterocycles. The highest BCUT2D eigenvalue weighted by Crippen LogP contribution is 2.16. The SMILES string of the molecule is CC1CC(NCC2CCCCO2)CCN1C. The average molecular weight is 226 g/mol. The molecule has 0 spiro atoms. The van der Waals surface area contributed by atoms with Crippen LogP contribution in [0.3, 0.4) is 0 Å². The lowest BCUT2D eigenvalue weighted by Gasteiger charge is -2.36. The molecule has 0 radical (unpaired) electrons. The van der Waals surface area contributed by atoms with Gasteiger partial charge in [0.05, 0.1) is 6.10 Å². The summed E-state index contributed by atoms with van der Waals surface area (Å²) < 4.78 is 5.74. The van der Waals surface area contributed by atoms with Gasteiger partial charge in [0, 0.05) is 25.2 Å². The summed E-state index contributed by atoms with van der Waals surface area (Å²) in [4.78, 5) is 2.45. The molecule has 1 N–H and O–H groups in total. The smallest absolute Gasteiger partial charge is 0.0699 e. The molecular formula is C13H26N2O. The molecule has 3 nitrogen and oxygen atoms in total. The zero-order chi connectivity index (χ0) is 11.4. The van der Waals surface area contributed by atoms with E-state index in [0.29, 0.717) is 12.1 Å². The van der Waals surface area contributed by atoms with E-state index in [4.69, 9.17) is 4.74 Å². The van der Waals surface area contributed by atoms with Crippen molar-refractivity contribution in [3.8, 4) is 0 Å². The van der Waals surface area contributed by atoms with Gasteiger partial charge in [-0.05, 0) is 52.6 Å². The lowest BCUT2D eigenvalue weighted by molar-refractivity contribution is 0.0133. The number of hydrogen-bond donors (Lipinski definition) is 1. The first-order valence-electron chi connectivity index (χ1n) is 6.81. The van der Waals surface area contributed by atoms with E-state index in [0.717, 1.165) is 19.2 Å². The lowest BCUT2D eigenvalue weighted by Crippen LogP contribution is -2.47. The van der Waals surface area contributed by atoms with Crippen LogP contribution in [0, 0.1) is 0 Å². The molecule has 2 fully saturated rings. The summed E-state index contributed by atoms with van der Waals surface area (Å²) in [7, 11) is 2.23. The van der Waals surface area contributed by atoms with Crippen molar-refractivity contribution in [3.63, 3.8) is 0 Å². The van der Waals surface area contributed by atoms with E-state index in [1.807, 2.05) is 0 Å². The van der Waals surface area contributed by atoms with E-state index >= 15 is 0 Å². The Hall–Kier alpha value is -0.120. The molecule has 3 atom stereocenters. The van der Waals surface area contributed by atoms with Crippen LogP contribution in [0.15, 0.2) is 0 Å². The monoisotopic (exact) mass is 226 g/mol. The van der Waals surface area contributed by atoms with Gasteiger partial charge in [0.25, 0.3) is 0 Å². The molecule has 2 heterocycles. The predicted molar refractivity (Wildman–Crippen MR) is 66.7 cm³/mol. The standard InChI is InChI=1S/C13H26N2O/c1-11-9-12(6-7-15(11)2)14-10-13-5-3-4-8-16-13/h11-14H,3-10H2,1-2H3. The normalized spacial score (nSPS) is 37.5. The summed E-state index contributed by atoms with van der Waals surface area (Å²) in [5.41, 5.74) is 0. The van der Waals surface area contributed by atoms with E-state index in [9.17, 15) is 0 Å². The molecule has 0 aromatic rings. The third-order valence-corrected chi connectivity index (χ3v) is 4.12. The van der Waals surface area contributed by atoms with Crippen LogP contribution >= 0.6 is 0 Å². The van der Waals surface area contributed by atoms with Gasteiger partial charge < -0.3 is 15.0 Å². The average Bonchev–Trinajstić information content (AvgIpc) is 2.32. The minimum Gasteiger partial charge on any atom is -0.377 e. The molecule has 94 valence electrons. The summed E-state index contributed by atoms with van der Waals surface area (Å²) in [5, 5.41) is 3.69. The van der Waals surface area contributed by atoms with E-state index in [2.05, 4.69) is 24.2 Å². The highest BCUT2D eigenvalue weighted by molar-refractivity contribution is 4.82. The molecule has 2 aliphatic heterocycles. The topological polar surface area (TPSA) is 24.5 Å². The van der Waals surface area contributed by atoms with E-state index in [-0.39, 0.29) is 0 Å². The van der Waals surface area contributed by atoms with Gasteiger partial charge in [0.1, 0.15) is 0 Å². The van der Waals surface area contributed by atoms with Gasteiger partial charge in [-0.25, -0.2) is 0 Å². The fourth-order valence-electron chi connectivity index (χ4n) is 2.74. The van der Waals surface area contributed by atoms with Gasteiger partial charge in [-0.3, -0.25) is 0 Å². The van der Waals surface area contributed by atoms with Crippen molar-refractivity contribution in [1.82, 2.24) is 10.2 Å². The highest BCUT2D eigenvalue weighted by Gasteiger charge is 2.23. The summed E-state index contributed by atoms with van der Waals surface area (Å²) >= 11 is 0. The number of likely N-dealkylation sites (tertiary alicyclic amines) is 1. The van der Waals surface area contributed by atoms with Crippen molar-refractivity contribution in [2.24, 2.45) is 0 Å². The van der Waals surface area contributed by atoms with Crippen LogP contribution in [0.4, 0.5) is 0 Å². The first-order chi connectivity index (χ1) is 7.75. The molecule has 16 heavy (non-hydrogen) atoms. The Morgan fingerprint density at radius 1 is 1.31 bits per heavy atom. The van der Waals surface area contributed by atoms with E-state index in [1.54, 1.807) is 0 Å². The fourth-order valence-corrected chi connectivity index (χ4v) is 2.74. The van der Waals surface area contributed by atoms with Gasteiger partial charge in [-0.1, -0.05) is 0 Å². The number of hydrogen-bond acceptors (Lipinski definition) is 3. The van der Waals surface area contributed by atoms with Gasteiger partial charge in [-0.2, -0.15) is 0 Å². The number of nitrogens with zero attached hydrogens (tertiary/aromatic N) is 1. The van der Waals surface area contributed by atoms with Crippen molar-refractivity contribution in [2.75, 3.05) is 26.7 Å². The number of ether oxygens (including phenoxy) is 1. The molecule has 0 aliphatic carbocycles. The third-order valence-electron chi connectivity index (χ3n) is 4.12. The van der Waals surface area contributed by atoms with Gasteiger partial charge in [0.15, 0.2) is 0 Å². The van der Waals surface area contributed by atoms with Crippen molar-refractivity contribution in [1.29, 1.82) is 0 Å². The lowest BCUT2D eigenvalue weighted by atomic mass is 9.98. The molecule has 0 saturated carbocycles. The zero-order valence-electron chi connectivity index (χ0n) is 10.7. The van der Waals surface area contributed by atoms with Gasteiger partial charge in [0.2, 0.25) is 0 Å². The third kappa shape index (κ3) is 3.44. The second-order valence-electron chi connectivity index (χ2n) is 5.45. The summed E-state index contributed by atoms with van der Waals surface area (Å²) in [5.74, 6) is 0. The Balaban J connectivity index is 1.65. The molecule has 3 unspecified atom stereocenters. The quantitative estimate of drug-likeness (QED) is 0.791. The molecule has 0 aromatic carbocycles. The largest absolute Gasteiger partial charge is 0.377 e. The van der Waals surface area contributed by atoms with Crippen LogP contribution in [0.5, 0.6) is 0 Å². The molecular weight excluding hydrogens is 200 g/mol. The number of nitrogens with one attached hydrogen (secondary N) is 1.